The van der Waals surface area contributed by atoms with Gasteiger partial charge in [-0.25, -0.2) is 8.78 Å². The average Bonchev–Trinajstić information content (AvgIpc) is 2.62. The second-order valence-corrected chi connectivity index (χ2v) is 6.58. The molecule has 3 rings (SSSR count). The molecule has 0 amide bonds. The molecule has 4 heteroatoms. The number of hydrogen-bond acceptors (Lipinski definition) is 2. The summed E-state index contributed by atoms with van der Waals surface area (Å²) in [6, 6.07) is 19.6. The Kier molecular flexibility index (Phi) is 5.33. The zero-order chi connectivity index (χ0) is 18.7. The van der Waals surface area contributed by atoms with Crippen LogP contribution in [-0.2, 0) is 0 Å². The zero-order valence-electron chi connectivity index (χ0n) is 14.8. The van der Waals surface area contributed by atoms with Crippen molar-refractivity contribution in [2.24, 2.45) is 0 Å². The van der Waals surface area contributed by atoms with Crippen LogP contribution in [0, 0.1) is 18.6 Å². The number of nitrogens with two attached hydrogens (primary N) is 1. The molecule has 134 valence electrons. The molecule has 0 fully saturated rings. The average molecular weight is 352 g/mol. The fourth-order valence-electron chi connectivity index (χ4n) is 3.01. The Hall–Kier alpha value is -2.72. The summed E-state index contributed by atoms with van der Waals surface area (Å²) in [6.45, 7) is 3.97. The fraction of sp³-hybridized carbons (Fsp3) is 0.182. The predicted octanol–water partition coefficient (Wildman–Crippen LogP) is 5.30. The minimum Gasteiger partial charge on any atom is -0.399 e. The minimum atomic E-state index is -0.841. The van der Waals surface area contributed by atoms with Crippen molar-refractivity contribution >= 4 is 5.69 Å². The predicted molar refractivity (Wildman–Crippen MR) is 102 cm³/mol. The number of benzene rings is 3. The molecular formula is C22H22F2N2. The third kappa shape index (κ3) is 4.09. The maximum Gasteiger partial charge on any atom is 0.159 e. The number of hydrogen-bond donors (Lipinski definition) is 2. The van der Waals surface area contributed by atoms with Crippen molar-refractivity contribution in [1.82, 2.24) is 5.32 Å². The van der Waals surface area contributed by atoms with Crippen LogP contribution in [0.1, 0.15) is 41.3 Å². The van der Waals surface area contributed by atoms with Crippen molar-refractivity contribution in [3.8, 4) is 0 Å². The van der Waals surface area contributed by atoms with Gasteiger partial charge in [0.25, 0.3) is 0 Å². The van der Waals surface area contributed by atoms with Gasteiger partial charge in [0.15, 0.2) is 11.6 Å². The van der Waals surface area contributed by atoms with Gasteiger partial charge in [-0.05, 0) is 54.8 Å². The highest BCUT2D eigenvalue weighted by atomic mass is 19.2. The monoisotopic (exact) mass is 352 g/mol. The van der Waals surface area contributed by atoms with Crippen molar-refractivity contribution in [2.45, 2.75) is 25.9 Å². The summed E-state index contributed by atoms with van der Waals surface area (Å²) in [5, 5.41) is 3.51. The first-order valence-electron chi connectivity index (χ1n) is 8.57. The molecule has 26 heavy (non-hydrogen) atoms. The van der Waals surface area contributed by atoms with Gasteiger partial charge < -0.3 is 5.73 Å². The van der Waals surface area contributed by atoms with E-state index in [1.54, 1.807) is 6.07 Å². The van der Waals surface area contributed by atoms with Crippen LogP contribution < -0.4 is 11.1 Å². The van der Waals surface area contributed by atoms with E-state index < -0.39 is 11.6 Å². The topological polar surface area (TPSA) is 38.0 Å². The Labute approximate surface area is 152 Å². The molecule has 2 unspecified atom stereocenters. The van der Waals surface area contributed by atoms with Crippen molar-refractivity contribution in [1.29, 1.82) is 0 Å². The summed E-state index contributed by atoms with van der Waals surface area (Å²) < 4.78 is 26.8. The standard InChI is InChI=1S/C22H22F2N2/c1-14-6-8-16(9-7-14)22(18-4-3-5-19(25)12-18)26-15(2)17-10-11-20(23)21(24)13-17/h3-13,15,22,26H,25H2,1-2H3. The summed E-state index contributed by atoms with van der Waals surface area (Å²) >= 11 is 0. The van der Waals surface area contributed by atoms with E-state index in [4.69, 9.17) is 5.73 Å². The van der Waals surface area contributed by atoms with Crippen LogP contribution in [0.4, 0.5) is 14.5 Å². The summed E-state index contributed by atoms with van der Waals surface area (Å²) in [6.07, 6.45) is 0. The van der Waals surface area contributed by atoms with Crippen LogP contribution in [0.15, 0.2) is 66.7 Å². The number of nitrogens with one attached hydrogen (secondary N) is 1. The smallest absolute Gasteiger partial charge is 0.159 e. The van der Waals surface area contributed by atoms with Gasteiger partial charge in [-0.3, -0.25) is 5.32 Å². The van der Waals surface area contributed by atoms with E-state index in [9.17, 15) is 8.78 Å². The number of halogens is 2. The molecule has 0 saturated heterocycles. The third-order valence-corrected chi connectivity index (χ3v) is 4.52. The number of nitrogen functional groups attached to an aromatic ring is 1. The molecule has 0 aliphatic heterocycles. The van der Waals surface area contributed by atoms with Gasteiger partial charge in [0.2, 0.25) is 0 Å². The largest absolute Gasteiger partial charge is 0.399 e. The van der Waals surface area contributed by atoms with Gasteiger partial charge in [0.1, 0.15) is 0 Å². The molecule has 3 N–H and O–H groups in total. The summed E-state index contributed by atoms with van der Waals surface area (Å²) in [4.78, 5) is 0. The Morgan fingerprint density at radius 2 is 1.50 bits per heavy atom. The lowest BCUT2D eigenvalue weighted by Crippen LogP contribution is -2.26. The van der Waals surface area contributed by atoms with E-state index in [0.29, 0.717) is 11.3 Å². The molecular weight excluding hydrogens is 330 g/mol. The SMILES string of the molecule is Cc1ccc(C(NC(C)c2ccc(F)c(F)c2)c2cccc(N)c2)cc1. The minimum absolute atomic E-state index is 0.123. The number of rotatable bonds is 5. The van der Waals surface area contributed by atoms with Crippen LogP contribution in [0.25, 0.3) is 0 Å². The quantitative estimate of drug-likeness (QED) is 0.612. The van der Waals surface area contributed by atoms with Gasteiger partial charge in [-0.2, -0.15) is 0 Å². The first-order valence-corrected chi connectivity index (χ1v) is 8.57. The first-order chi connectivity index (χ1) is 12.4. The fourth-order valence-corrected chi connectivity index (χ4v) is 3.01. The van der Waals surface area contributed by atoms with Crippen molar-refractivity contribution < 1.29 is 8.78 Å². The molecule has 3 aromatic rings. The van der Waals surface area contributed by atoms with Crippen molar-refractivity contribution in [3.05, 3.63) is 101 Å². The van der Waals surface area contributed by atoms with Gasteiger partial charge in [-0.15, -0.1) is 0 Å². The van der Waals surface area contributed by atoms with Crippen LogP contribution in [0.5, 0.6) is 0 Å². The molecule has 0 spiro atoms. The normalized spacial score (nSPS) is 13.4. The summed E-state index contributed by atoms with van der Waals surface area (Å²) in [5.41, 5.74) is 10.6. The Morgan fingerprint density at radius 1 is 0.808 bits per heavy atom. The van der Waals surface area contributed by atoms with Gasteiger partial charge >= 0.3 is 0 Å². The van der Waals surface area contributed by atoms with Crippen molar-refractivity contribution in [3.63, 3.8) is 0 Å². The highest BCUT2D eigenvalue weighted by Crippen LogP contribution is 2.28. The molecule has 2 atom stereocenters. The highest BCUT2D eigenvalue weighted by Gasteiger charge is 2.18. The summed E-state index contributed by atoms with van der Waals surface area (Å²) in [5.74, 6) is -1.68. The molecule has 0 aliphatic carbocycles. The Bertz CT molecular complexity index is 891. The molecule has 3 aromatic carbocycles. The lowest BCUT2D eigenvalue weighted by molar-refractivity contribution is 0.490. The third-order valence-electron chi connectivity index (χ3n) is 4.52. The molecule has 0 radical (unpaired) electrons. The van der Waals surface area contributed by atoms with Crippen molar-refractivity contribution in [2.75, 3.05) is 5.73 Å². The molecule has 0 aromatic heterocycles. The second kappa shape index (κ2) is 7.67. The van der Waals surface area contributed by atoms with E-state index in [2.05, 4.69) is 29.6 Å². The van der Waals surface area contributed by atoms with Gasteiger partial charge in [0.05, 0.1) is 6.04 Å². The Balaban J connectivity index is 1.94. The highest BCUT2D eigenvalue weighted by molar-refractivity contribution is 5.44. The lowest BCUT2D eigenvalue weighted by atomic mass is 9.95. The van der Waals surface area contributed by atoms with E-state index in [-0.39, 0.29) is 12.1 Å². The van der Waals surface area contributed by atoms with Crippen LogP contribution in [0.3, 0.4) is 0 Å². The van der Waals surface area contributed by atoms with E-state index >= 15 is 0 Å². The van der Waals surface area contributed by atoms with E-state index in [1.807, 2.05) is 38.1 Å². The Morgan fingerprint density at radius 3 is 2.15 bits per heavy atom. The second-order valence-electron chi connectivity index (χ2n) is 6.58. The molecule has 0 heterocycles. The molecule has 0 aliphatic rings. The number of aryl methyl sites for hydroxylation is 1. The maximum absolute atomic E-state index is 13.6. The molecule has 0 bridgehead atoms. The van der Waals surface area contributed by atoms with E-state index in [1.165, 1.54) is 11.6 Å². The van der Waals surface area contributed by atoms with Crippen LogP contribution in [-0.4, -0.2) is 0 Å². The lowest BCUT2D eigenvalue weighted by Gasteiger charge is -2.25. The van der Waals surface area contributed by atoms with E-state index in [0.717, 1.165) is 17.2 Å². The molecule has 2 nitrogen and oxygen atoms in total. The van der Waals surface area contributed by atoms with Crippen LogP contribution >= 0.6 is 0 Å². The first kappa shape index (κ1) is 18.1. The van der Waals surface area contributed by atoms with Crippen LogP contribution in [0.2, 0.25) is 0 Å². The zero-order valence-corrected chi connectivity index (χ0v) is 14.8. The molecule has 0 saturated carbocycles. The van der Waals surface area contributed by atoms with Gasteiger partial charge in [-0.1, -0.05) is 48.0 Å². The number of anilines is 1. The van der Waals surface area contributed by atoms with Gasteiger partial charge in [0, 0.05) is 11.7 Å². The maximum atomic E-state index is 13.6. The summed E-state index contributed by atoms with van der Waals surface area (Å²) in [7, 11) is 0.